The molecular weight excluding hydrogens is 560 g/mol. The summed E-state index contributed by atoms with van der Waals surface area (Å²) in [6.45, 7) is 6.99. The summed E-state index contributed by atoms with van der Waals surface area (Å²) in [4.78, 5) is 28.7. The normalized spacial score (nSPS) is 14.7. The highest BCUT2D eigenvalue weighted by Gasteiger charge is 2.44. The fraction of sp³-hybridized carbons (Fsp3) is 0.222. The Kier molecular flexibility index (Phi) is 9.17. The van der Waals surface area contributed by atoms with E-state index < -0.39 is 11.5 Å². The SMILES string of the molecule is C=C/C(=C\C)c1ccc(CNC(=O)C2(c3ccc(Cl)cc3)CCN(C(=O)Oc3ccc4ccc(OC)cc4c3)CC2)cc1. The fourth-order valence-electron chi connectivity index (χ4n) is 5.61. The molecule has 4 aromatic rings. The molecule has 6 nitrogen and oxygen atoms in total. The van der Waals surface area contributed by atoms with Gasteiger partial charge >= 0.3 is 6.09 Å². The molecule has 1 N–H and O–H groups in total. The van der Waals surface area contributed by atoms with Crippen molar-refractivity contribution in [3.05, 3.63) is 125 Å². The lowest BCUT2D eigenvalue weighted by atomic mass is 9.72. The number of ether oxygens (including phenoxy) is 2. The van der Waals surface area contributed by atoms with E-state index in [4.69, 9.17) is 21.1 Å². The summed E-state index contributed by atoms with van der Waals surface area (Å²) in [5.41, 5.74) is 3.21. The lowest BCUT2D eigenvalue weighted by molar-refractivity contribution is -0.128. The lowest BCUT2D eigenvalue weighted by Gasteiger charge is -2.40. The Balaban J connectivity index is 1.28. The van der Waals surface area contributed by atoms with Crippen LogP contribution < -0.4 is 14.8 Å². The van der Waals surface area contributed by atoms with Gasteiger partial charge in [0.25, 0.3) is 0 Å². The number of piperidine rings is 1. The van der Waals surface area contributed by atoms with Crippen molar-refractivity contribution >= 4 is 39.9 Å². The molecule has 5 rings (SSSR count). The molecule has 1 heterocycles. The maximum absolute atomic E-state index is 13.9. The minimum atomic E-state index is -0.804. The Morgan fingerprint density at radius 3 is 2.21 bits per heavy atom. The molecule has 4 aromatic carbocycles. The predicted molar refractivity (Wildman–Crippen MR) is 173 cm³/mol. The van der Waals surface area contributed by atoms with Gasteiger partial charge in [-0.3, -0.25) is 4.79 Å². The van der Waals surface area contributed by atoms with E-state index in [-0.39, 0.29) is 5.91 Å². The van der Waals surface area contributed by atoms with Crippen LogP contribution >= 0.6 is 11.6 Å². The number of nitrogens with zero attached hydrogens (tertiary/aromatic N) is 1. The minimum Gasteiger partial charge on any atom is -0.497 e. The Morgan fingerprint density at radius 2 is 1.58 bits per heavy atom. The van der Waals surface area contributed by atoms with Crippen LogP contribution in [0.1, 0.15) is 36.5 Å². The van der Waals surface area contributed by atoms with Gasteiger partial charge in [0.15, 0.2) is 0 Å². The van der Waals surface area contributed by atoms with E-state index in [1.54, 1.807) is 30.2 Å². The van der Waals surface area contributed by atoms with E-state index in [1.165, 1.54) is 0 Å². The molecule has 0 aromatic heterocycles. The first-order chi connectivity index (χ1) is 20.8. The number of methoxy groups -OCH3 is 1. The first-order valence-electron chi connectivity index (χ1n) is 14.3. The third kappa shape index (κ3) is 6.60. The van der Waals surface area contributed by atoms with Crippen LogP contribution in [0.4, 0.5) is 4.79 Å². The molecule has 0 aliphatic carbocycles. The molecule has 1 fully saturated rings. The van der Waals surface area contributed by atoms with Gasteiger partial charge in [-0.1, -0.05) is 78.9 Å². The van der Waals surface area contributed by atoms with Gasteiger partial charge in [-0.15, -0.1) is 0 Å². The summed E-state index contributed by atoms with van der Waals surface area (Å²) < 4.78 is 11.1. The molecular formula is C36H35ClN2O4. The number of carbonyl (C=O) groups excluding carboxylic acids is 2. The van der Waals surface area contributed by atoms with E-state index in [1.807, 2.05) is 85.8 Å². The zero-order chi connectivity index (χ0) is 30.4. The third-order valence-electron chi connectivity index (χ3n) is 8.20. The zero-order valence-corrected chi connectivity index (χ0v) is 25.2. The van der Waals surface area contributed by atoms with E-state index in [0.717, 1.165) is 38.8 Å². The highest BCUT2D eigenvalue weighted by molar-refractivity contribution is 6.30. The van der Waals surface area contributed by atoms with Crippen LogP contribution in [-0.2, 0) is 16.8 Å². The smallest absolute Gasteiger partial charge is 0.415 e. The summed E-state index contributed by atoms with van der Waals surface area (Å²) in [7, 11) is 1.62. The van der Waals surface area contributed by atoms with Gasteiger partial charge in [0.1, 0.15) is 11.5 Å². The number of halogens is 1. The molecule has 1 aliphatic rings. The average Bonchev–Trinajstić information content (AvgIpc) is 3.04. The van der Waals surface area contributed by atoms with E-state index in [0.29, 0.717) is 43.2 Å². The number of nitrogens with one attached hydrogen (secondary N) is 1. The molecule has 0 atom stereocenters. The second-order valence-electron chi connectivity index (χ2n) is 10.6. The van der Waals surface area contributed by atoms with E-state index >= 15 is 0 Å². The van der Waals surface area contributed by atoms with Crippen LogP contribution in [0.3, 0.4) is 0 Å². The van der Waals surface area contributed by atoms with Crippen molar-refractivity contribution in [2.24, 2.45) is 0 Å². The van der Waals surface area contributed by atoms with Crippen molar-refractivity contribution in [3.63, 3.8) is 0 Å². The van der Waals surface area contributed by atoms with Gasteiger partial charge in [0.05, 0.1) is 12.5 Å². The van der Waals surface area contributed by atoms with Gasteiger partial charge in [0, 0.05) is 24.7 Å². The van der Waals surface area contributed by atoms with Crippen molar-refractivity contribution in [2.45, 2.75) is 31.7 Å². The zero-order valence-electron chi connectivity index (χ0n) is 24.4. The van der Waals surface area contributed by atoms with Crippen molar-refractivity contribution in [2.75, 3.05) is 20.2 Å². The number of amides is 2. The van der Waals surface area contributed by atoms with Gasteiger partial charge in [-0.25, -0.2) is 4.79 Å². The summed E-state index contributed by atoms with van der Waals surface area (Å²) in [6.07, 6.45) is 4.31. The molecule has 0 spiro atoms. The molecule has 0 unspecified atom stereocenters. The fourth-order valence-corrected chi connectivity index (χ4v) is 5.74. The number of hydrogen-bond acceptors (Lipinski definition) is 4. The van der Waals surface area contributed by atoms with Crippen molar-refractivity contribution in [1.29, 1.82) is 0 Å². The Bertz CT molecular complexity index is 1650. The monoisotopic (exact) mass is 594 g/mol. The highest BCUT2D eigenvalue weighted by Crippen LogP contribution is 2.37. The van der Waals surface area contributed by atoms with E-state index in [9.17, 15) is 9.59 Å². The Morgan fingerprint density at radius 1 is 0.930 bits per heavy atom. The third-order valence-corrected chi connectivity index (χ3v) is 8.45. The summed E-state index contributed by atoms with van der Waals surface area (Å²) >= 11 is 6.18. The van der Waals surface area contributed by atoms with Crippen LogP contribution in [0.2, 0.25) is 5.02 Å². The quantitative estimate of drug-likeness (QED) is 0.210. The first kappa shape index (κ1) is 29.9. The molecule has 1 saturated heterocycles. The van der Waals surface area contributed by atoms with Crippen LogP contribution in [-0.4, -0.2) is 37.1 Å². The van der Waals surface area contributed by atoms with Crippen molar-refractivity contribution in [3.8, 4) is 11.5 Å². The maximum atomic E-state index is 13.9. The highest BCUT2D eigenvalue weighted by atomic mass is 35.5. The second kappa shape index (κ2) is 13.2. The molecule has 0 radical (unpaired) electrons. The first-order valence-corrected chi connectivity index (χ1v) is 14.7. The van der Waals surface area contributed by atoms with Crippen LogP contribution in [0.5, 0.6) is 11.5 Å². The minimum absolute atomic E-state index is 0.0735. The molecule has 0 bridgehead atoms. The van der Waals surface area contributed by atoms with Crippen molar-refractivity contribution in [1.82, 2.24) is 10.2 Å². The Labute approximate surface area is 257 Å². The lowest BCUT2D eigenvalue weighted by Crippen LogP contribution is -2.53. The summed E-state index contributed by atoms with van der Waals surface area (Å²) in [5.74, 6) is 1.12. The number of hydrogen-bond donors (Lipinski definition) is 1. The molecule has 43 heavy (non-hydrogen) atoms. The number of likely N-dealkylation sites (tertiary alicyclic amines) is 1. The summed E-state index contributed by atoms with van der Waals surface area (Å²) in [6, 6.07) is 26.8. The predicted octanol–water partition coefficient (Wildman–Crippen LogP) is 7.94. The van der Waals surface area contributed by atoms with Gasteiger partial charge in [-0.05, 0) is 89.2 Å². The summed E-state index contributed by atoms with van der Waals surface area (Å²) in [5, 5.41) is 5.70. The number of allylic oxidation sites excluding steroid dienone is 3. The molecule has 7 heteroatoms. The molecule has 2 amide bonds. The number of fused-ring (bicyclic) bond motifs is 1. The number of rotatable bonds is 8. The van der Waals surface area contributed by atoms with Gasteiger partial charge in [0.2, 0.25) is 5.91 Å². The van der Waals surface area contributed by atoms with Crippen LogP contribution in [0.15, 0.2) is 104 Å². The van der Waals surface area contributed by atoms with E-state index in [2.05, 4.69) is 11.9 Å². The van der Waals surface area contributed by atoms with Crippen LogP contribution in [0.25, 0.3) is 16.3 Å². The average molecular weight is 595 g/mol. The second-order valence-corrected chi connectivity index (χ2v) is 11.1. The number of benzene rings is 4. The Hall–Kier alpha value is -4.55. The number of carbonyl (C=O) groups is 2. The molecule has 1 aliphatic heterocycles. The van der Waals surface area contributed by atoms with Crippen molar-refractivity contribution < 1.29 is 19.1 Å². The van der Waals surface area contributed by atoms with Crippen LogP contribution in [0, 0.1) is 0 Å². The topological polar surface area (TPSA) is 67.9 Å². The largest absolute Gasteiger partial charge is 0.497 e. The van der Waals surface area contributed by atoms with Gasteiger partial charge < -0.3 is 19.7 Å². The molecule has 220 valence electrons. The standard InChI is InChI=1S/C36H35ClN2O4/c1-4-26(5-2)27-8-6-25(7-9-27)24-38-34(40)36(30-12-14-31(37)15-13-30)18-20-39(21-19-36)35(41)43-33-17-11-28-10-16-32(42-3)22-29(28)23-33/h4-17,22-23H,1,18-21,24H2,2-3H3,(H,38,40)/b26-5+. The molecule has 0 saturated carbocycles. The van der Waals surface area contributed by atoms with Gasteiger partial charge in [-0.2, -0.15) is 0 Å². The maximum Gasteiger partial charge on any atom is 0.415 e.